The molecule has 0 aromatic carbocycles. The van der Waals surface area contributed by atoms with E-state index in [1.807, 2.05) is 17.2 Å². The summed E-state index contributed by atoms with van der Waals surface area (Å²) in [6.45, 7) is 6.47. The van der Waals surface area contributed by atoms with Crippen molar-refractivity contribution in [2.45, 2.75) is 19.8 Å². The maximum absolute atomic E-state index is 12.6. The lowest BCUT2D eigenvalue weighted by molar-refractivity contribution is 0.0222. The number of rotatable bonds is 5. The lowest BCUT2D eigenvalue weighted by Crippen LogP contribution is -2.37. The van der Waals surface area contributed by atoms with Gasteiger partial charge in [0.2, 0.25) is 0 Å². The van der Waals surface area contributed by atoms with Gasteiger partial charge in [-0.2, -0.15) is 0 Å². The average molecular weight is 322 g/mol. The summed E-state index contributed by atoms with van der Waals surface area (Å²) in [5, 5.41) is 2.80. The van der Waals surface area contributed by atoms with Gasteiger partial charge in [-0.25, -0.2) is 4.98 Å². The zero-order valence-corrected chi connectivity index (χ0v) is 13.7. The molecule has 6 heteroatoms. The number of aromatic nitrogens is 1. The zero-order valence-electron chi connectivity index (χ0n) is 12.9. The molecule has 4 rings (SSSR count). The minimum Gasteiger partial charge on any atom is -0.380 e. The number of thiazole rings is 1. The van der Waals surface area contributed by atoms with E-state index in [1.165, 1.54) is 24.2 Å². The molecule has 3 heterocycles. The molecule has 2 atom stereocenters. The van der Waals surface area contributed by atoms with Crippen LogP contribution in [-0.4, -0.2) is 55.3 Å². The predicted molar refractivity (Wildman–Crippen MR) is 83.0 cm³/mol. The summed E-state index contributed by atoms with van der Waals surface area (Å²) < 4.78 is 11.6. The highest BCUT2D eigenvalue weighted by Gasteiger charge is 2.52. The molecule has 1 aliphatic carbocycles. The summed E-state index contributed by atoms with van der Waals surface area (Å²) in [4.78, 5) is 18.9. The number of aryl methyl sites for hydroxylation is 1. The van der Waals surface area contributed by atoms with E-state index in [9.17, 15) is 4.79 Å². The number of amides is 1. The van der Waals surface area contributed by atoms with Crippen LogP contribution in [0.25, 0.3) is 0 Å². The van der Waals surface area contributed by atoms with Gasteiger partial charge in [0.15, 0.2) is 0 Å². The van der Waals surface area contributed by atoms with Gasteiger partial charge in [0, 0.05) is 36.4 Å². The summed E-state index contributed by atoms with van der Waals surface area (Å²) in [6, 6.07) is 0. The second-order valence-corrected chi connectivity index (χ2v) is 8.03. The second kappa shape index (κ2) is 5.58. The van der Waals surface area contributed by atoms with Crippen molar-refractivity contribution in [2.75, 3.05) is 39.5 Å². The number of ether oxygens (including phenoxy) is 2. The van der Waals surface area contributed by atoms with Crippen LogP contribution in [0.3, 0.4) is 0 Å². The van der Waals surface area contributed by atoms with Gasteiger partial charge in [0.25, 0.3) is 5.91 Å². The maximum Gasteiger partial charge on any atom is 0.273 e. The third kappa shape index (κ3) is 2.68. The third-order valence-electron chi connectivity index (χ3n) is 5.09. The van der Waals surface area contributed by atoms with E-state index in [1.54, 1.807) is 0 Å². The number of fused-ring (bicyclic) bond motifs is 1. The summed E-state index contributed by atoms with van der Waals surface area (Å²) in [6.07, 6.45) is 2.61. The van der Waals surface area contributed by atoms with Crippen molar-refractivity contribution in [2.24, 2.45) is 17.3 Å². The summed E-state index contributed by atoms with van der Waals surface area (Å²) in [5.74, 6) is 1.23. The largest absolute Gasteiger partial charge is 0.380 e. The second-order valence-electron chi connectivity index (χ2n) is 6.97. The number of likely N-dealkylation sites (tertiary alicyclic amines) is 1. The molecule has 1 amide bonds. The minimum absolute atomic E-state index is 0.00435. The van der Waals surface area contributed by atoms with Crippen LogP contribution in [0.1, 0.15) is 28.3 Å². The van der Waals surface area contributed by atoms with Gasteiger partial charge >= 0.3 is 0 Å². The third-order valence-corrected chi connectivity index (χ3v) is 5.86. The number of carbonyl (C=O) groups excluding carboxylic acids is 1. The van der Waals surface area contributed by atoms with Gasteiger partial charge in [0.05, 0.1) is 24.8 Å². The first kappa shape index (κ1) is 14.6. The van der Waals surface area contributed by atoms with Crippen molar-refractivity contribution in [3.8, 4) is 0 Å². The van der Waals surface area contributed by atoms with Crippen LogP contribution < -0.4 is 0 Å². The topological polar surface area (TPSA) is 51.7 Å². The molecule has 1 aromatic rings. The number of hydrogen-bond acceptors (Lipinski definition) is 5. The number of carbonyl (C=O) groups is 1. The molecule has 0 spiro atoms. The van der Waals surface area contributed by atoms with Crippen LogP contribution in [0.15, 0.2) is 5.38 Å². The van der Waals surface area contributed by atoms with Gasteiger partial charge in [-0.05, 0) is 25.7 Å². The molecular formula is C16H22N2O3S. The van der Waals surface area contributed by atoms with Crippen molar-refractivity contribution < 1.29 is 14.3 Å². The van der Waals surface area contributed by atoms with E-state index in [4.69, 9.17) is 9.47 Å². The summed E-state index contributed by atoms with van der Waals surface area (Å²) in [7, 11) is 0. The van der Waals surface area contributed by atoms with E-state index >= 15 is 0 Å². The Kier molecular flexibility index (Phi) is 3.71. The Morgan fingerprint density at radius 1 is 1.59 bits per heavy atom. The molecule has 5 nitrogen and oxygen atoms in total. The molecule has 0 radical (unpaired) electrons. The van der Waals surface area contributed by atoms with E-state index in [0.29, 0.717) is 24.8 Å². The monoisotopic (exact) mass is 322 g/mol. The molecule has 1 aromatic heterocycles. The van der Waals surface area contributed by atoms with Crippen molar-refractivity contribution in [1.82, 2.24) is 9.88 Å². The van der Waals surface area contributed by atoms with Crippen molar-refractivity contribution in [3.05, 3.63) is 16.1 Å². The highest BCUT2D eigenvalue weighted by molar-refractivity contribution is 7.09. The highest BCUT2D eigenvalue weighted by Crippen LogP contribution is 2.42. The van der Waals surface area contributed by atoms with Crippen LogP contribution in [0.2, 0.25) is 0 Å². The Labute approximate surface area is 134 Å². The minimum atomic E-state index is -0.00435. The van der Waals surface area contributed by atoms with Crippen molar-refractivity contribution in [3.63, 3.8) is 0 Å². The van der Waals surface area contributed by atoms with Crippen LogP contribution in [0.4, 0.5) is 0 Å². The Morgan fingerprint density at radius 3 is 3.18 bits per heavy atom. The van der Waals surface area contributed by atoms with Gasteiger partial charge < -0.3 is 14.4 Å². The van der Waals surface area contributed by atoms with Gasteiger partial charge in [-0.15, -0.1) is 11.3 Å². The number of hydrogen-bond donors (Lipinski definition) is 0. The van der Waals surface area contributed by atoms with Gasteiger partial charge in [0.1, 0.15) is 5.69 Å². The fraction of sp³-hybridized carbons (Fsp3) is 0.750. The first-order valence-corrected chi connectivity index (χ1v) is 8.91. The Hall–Kier alpha value is -0.980. The Morgan fingerprint density at radius 2 is 2.45 bits per heavy atom. The predicted octanol–water partition coefficient (Wildman–Crippen LogP) is 1.97. The zero-order chi connectivity index (χ0) is 15.2. The van der Waals surface area contributed by atoms with E-state index in [-0.39, 0.29) is 11.3 Å². The highest BCUT2D eigenvalue weighted by atomic mass is 32.1. The summed E-state index contributed by atoms with van der Waals surface area (Å²) >= 11 is 1.53. The molecule has 3 aliphatic rings. The average Bonchev–Trinajstić information content (AvgIpc) is 2.92. The Bertz CT molecular complexity index is 571. The molecule has 22 heavy (non-hydrogen) atoms. The molecule has 0 N–H and O–H groups in total. The fourth-order valence-electron chi connectivity index (χ4n) is 3.53. The van der Waals surface area contributed by atoms with Crippen molar-refractivity contribution >= 4 is 17.2 Å². The first-order valence-electron chi connectivity index (χ1n) is 8.03. The lowest BCUT2D eigenvalue weighted by Gasteiger charge is -2.26. The van der Waals surface area contributed by atoms with E-state index in [0.717, 1.165) is 37.2 Å². The summed E-state index contributed by atoms with van der Waals surface area (Å²) in [5.41, 5.74) is 0.577. The van der Waals surface area contributed by atoms with Crippen LogP contribution in [0, 0.1) is 24.2 Å². The smallest absolute Gasteiger partial charge is 0.273 e. The molecule has 2 aliphatic heterocycles. The maximum atomic E-state index is 12.6. The quantitative estimate of drug-likeness (QED) is 0.832. The fourth-order valence-corrected chi connectivity index (χ4v) is 4.11. The Balaban J connectivity index is 1.42. The van der Waals surface area contributed by atoms with Crippen LogP contribution in [-0.2, 0) is 9.47 Å². The normalized spacial score (nSPS) is 30.8. The molecule has 1 saturated carbocycles. The molecule has 3 fully saturated rings. The van der Waals surface area contributed by atoms with Crippen molar-refractivity contribution in [1.29, 1.82) is 0 Å². The van der Waals surface area contributed by atoms with Crippen LogP contribution >= 0.6 is 11.3 Å². The van der Waals surface area contributed by atoms with Gasteiger partial charge in [-0.3, -0.25) is 4.79 Å². The number of nitrogens with zero attached hydrogens (tertiary/aromatic N) is 2. The van der Waals surface area contributed by atoms with Gasteiger partial charge in [-0.1, -0.05) is 0 Å². The molecule has 0 unspecified atom stereocenters. The molecule has 120 valence electrons. The molecule has 0 bridgehead atoms. The molecule has 2 saturated heterocycles. The van der Waals surface area contributed by atoms with E-state index < -0.39 is 0 Å². The SMILES string of the molecule is Cc1nc(C(=O)N2C[C@@H]3COC[C@]3(COCC3CC3)C2)cs1. The standard InChI is InChI=1S/C16H22N2O3S/c1-11-17-14(7-22-11)15(19)18-4-13-6-21-10-16(13,8-18)9-20-5-12-2-3-12/h7,12-13H,2-6,8-10H2,1H3/t13-,16-/m1/s1. The van der Waals surface area contributed by atoms with E-state index in [2.05, 4.69) is 4.98 Å². The molecular weight excluding hydrogens is 300 g/mol. The lowest BCUT2D eigenvalue weighted by atomic mass is 9.82. The first-order chi connectivity index (χ1) is 10.7. The van der Waals surface area contributed by atoms with Crippen LogP contribution in [0.5, 0.6) is 0 Å².